The van der Waals surface area contributed by atoms with Gasteiger partial charge in [0.1, 0.15) is 0 Å². The topological polar surface area (TPSA) is 130 Å². The van der Waals surface area contributed by atoms with E-state index in [4.69, 9.17) is 0 Å². The Balaban J connectivity index is 1.66. The summed E-state index contributed by atoms with van der Waals surface area (Å²) in [5.41, 5.74) is 0.481. The van der Waals surface area contributed by atoms with Crippen molar-refractivity contribution in [3.05, 3.63) is 54.1 Å². The second kappa shape index (κ2) is 9.90. The minimum Gasteiger partial charge on any atom is -0.325 e. The van der Waals surface area contributed by atoms with Gasteiger partial charge in [-0.3, -0.25) is 9.59 Å². The molecule has 1 saturated heterocycles. The third-order valence-electron chi connectivity index (χ3n) is 5.04. The van der Waals surface area contributed by atoms with Crippen molar-refractivity contribution in [3.63, 3.8) is 0 Å². The summed E-state index contributed by atoms with van der Waals surface area (Å²) >= 11 is 0. The van der Waals surface area contributed by atoms with E-state index in [9.17, 15) is 26.4 Å². The van der Waals surface area contributed by atoms with E-state index in [0.717, 1.165) is 19.3 Å². The SMILES string of the molecule is CC(=O)c1cccc(S(=O)(=O)NCC(=O)Nc2cccc(S(=O)(=O)N3CCCCC3)c2)c1. The monoisotopic (exact) mass is 479 g/mol. The number of anilines is 1. The molecule has 1 amide bonds. The molecule has 0 saturated carbocycles. The molecule has 2 aromatic rings. The molecule has 1 aliphatic heterocycles. The Kier molecular flexibility index (Phi) is 7.44. The van der Waals surface area contributed by atoms with Crippen LogP contribution in [0.1, 0.15) is 36.5 Å². The molecule has 32 heavy (non-hydrogen) atoms. The first-order chi connectivity index (χ1) is 15.1. The maximum Gasteiger partial charge on any atom is 0.243 e. The molecule has 11 heteroatoms. The zero-order chi connectivity index (χ0) is 23.4. The predicted molar refractivity (Wildman–Crippen MR) is 119 cm³/mol. The van der Waals surface area contributed by atoms with E-state index in [1.54, 1.807) is 0 Å². The highest BCUT2D eigenvalue weighted by Crippen LogP contribution is 2.23. The lowest BCUT2D eigenvalue weighted by molar-refractivity contribution is -0.115. The molecule has 1 aliphatic rings. The van der Waals surface area contributed by atoms with Crippen molar-refractivity contribution in [1.29, 1.82) is 0 Å². The normalized spacial score (nSPS) is 15.3. The number of rotatable bonds is 8. The lowest BCUT2D eigenvalue weighted by Crippen LogP contribution is -2.35. The average molecular weight is 480 g/mol. The number of amides is 1. The summed E-state index contributed by atoms with van der Waals surface area (Å²) in [6.07, 6.45) is 2.62. The number of Topliss-reactive ketones (excluding diaryl/α,β-unsaturated/α-hetero) is 1. The van der Waals surface area contributed by atoms with Crippen LogP contribution in [0.4, 0.5) is 5.69 Å². The molecule has 0 unspecified atom stereocenters. The van der Waals surface area contributed by atoms with Crippen LogP contribution in [0, 0.1) is 0 Å². The minimum atomic E-state index is -4.02. The fourth-order valence-electron chi connectivity index (χ4n) is 3.32. The molecule has 0 aromatic heterocycles. The van der Waals surface area contributed by atoms with E-state index in [1.807, 2.05) is 0 Å². The molecular weight excluding hydrogens is 454 g/mol. The minimum absolute atomic E-state index is 0.0684. The zero-order valence-corrected chi connectivity index (χ0v) is 19.2. The highest BCUT2D eigenvalue weighted by molar-refractivity contribution is 7.89. The van der Waals surface area contributed by atoms with E-state index < -0.39 is 32.5 Å². The number of sulfonamides is 2. The van der Waals surface area contributed by atoms with Crippen LogP contribution in [0.2, 0.25) is 0 Å². The summed E-state index contributed by atoms with van der Waals surface area (Å²) in [6, 6.07) is 11.4. The summed E-state index contributed by atoms with van der Waals surface area (Å²) in [7, 11) is -7.68. The second-order valence-electron chi connectivity index (χ2n) is 7.45. The molecule has 0 radical (unpaired) electrons. The van der Waals surface area contributed by atoms with Gasteiger partial charge in [0, 0.05) is 24.3 Å². The summed E-state index contributed by atoms with van der Waals surface area (Å²) in [4.78, 5) is 23.7. The molecule has 2 aromatic carbocycles. The van der Waals surface area contributed by atoms with Crippen molar-refractivity contribution < 1.29 is 26.4 Å². The number of nitrogens with one attached hydrogen (secondary N) is 2. The number of carbonyl (C=O) groups excluding carboxylic acids is 2. The van der Waals surface area contributed by atoms with Gasteiger partial charge in [-0.15, -0.1) is 0 Å². The quantitative estimate of drug-likeness (QED) is 0.557. The highest BCUT2D eigenvalue weighted by atomic mass is 32.2. The molecule has 0 aliphatic carbocycles. The Hall–Kier alpha value is -2.60. The van der Waals surface area contributed by atoms with Gasteiger partial charge in [0.05, 0.1) is 16.3 Å². The number of hydrogen-bond donors (Lipinski definition) is 2. The predicted octanol–water partition coefficient (Wildman–Crippen LogP) is 1.98. The van der Waals surface area contributed by atoms with E-state index in [0.29, 0.717) is 13.1 Å². The largest absolute Gasteiger partial charge is 0.325 e. The third-order valence-corrected chi connectivity index (χ3v) is 8.34. The number of carbonyl (C=O) groups is 2. The zero-order valence-electron chi connectivity index (χ0n) is 17.6. The first-order valence-corrected chi connectivity index (χ1v) is 13.0. The first kappa shape index (κ1) is 24.1. The number of hydrogen-bond acceptors (Lipinski definition) is 6. The van der Waals surface area contributed by atoms with Gasteiger partial charge in [-0.25, -0.2) is 21.6 Å². The standard InChI is InChI=1S/C21H25N3O6S2/c1-16(25)17-7-5-9-19(13-17)31(27,28)22-15-21(26)23-18-8-6-10-20(14-18)32(29,30)24-11-3-2-4-12-24/h5-10,13-14,22H,2-4,11-12,15H2,1H3,(H,23,26). The van der Waals surface area contributed by atoms with Crippen LogP contribution in [-0.2, 0) is 24.8 Å². The van der Waals surface area contributed by atoms with E-state index >= 15 is 0 Å². The van der Waals surface area contributed by atoms with Crippen molar-refractivity contribution in [2.75, 3.05) is 25.0 Å². The van der Waals surface area contributed by atoms with E-state index in [2.05, 4.69) is 10.0 Å². The van der Waals surface area contributed by atoms with Crippen LogP contribution in [0.15, 0.2) is 58.3 Å². The van der Waals surface area contributed by atoms with Crippen LogP contribution in [-0.4, -0.2) is 52.5 Å². The molecule has 172 valence electrons. The van der Waals surface area contributed by atoms with Gasteiger partial charge in [-0.05, 0) is 50.1 Å². The molecule has 2 N–H and O–H groups in total. The Bertz CT molecular complexity index is 1220. The van der Waals surface area contributed by atoms with Gasteiger partial charge in [0.2, 0.25) is 26.0 Å². The summed E-state index contributed by atoms with van der Waals surface area (Å²) in [5, 5.41) is 2.51. The van der Waals surface area contributed by atoms with Gasteiger partial charge in [0.25, 0.3) is 0 Å². The lowest BCUT2D eigenvalue weighted by atomic mass is 10.2. The summed E-state index contributed by atoms with van der Waals surface area (Å²) < 4.78 is 54.1. The Morgan fingerprint density at radius 2 is 1.56 bits per heavy atom. The van der Waals surface area contributed by atoms with Crippen molar-refractivity contribution in [2.24, 2.45) is 0 Å². The molecule has 3 rings (SSSR count). The fraction of sp³-hybridized carbons (Fsp3) is 0.333. The number of piperidine rings is 1. The number of ketones is 1. The first-order valence-electron chi connectivity index (χ1n) is 10.1. The lowest BCUT2D eigenvalue weighted by Gasteiger charge is -2.26. The highest BCUT2D eigenvalue weighted by Gasteiger charge is 2.26. The Morgan fingerprint density at radius 1 is 0.906 bits per heavy atom. The van der Waals surface area contributed by atoms with Crippen molar-refractivity contribution in [1.82, 2.24) is 9.03 Å². The fourth-order valence-corrected chi connectivity index (χ4v) is 5.91. The van der Waals surface area contributed by atoms with Crippen molar-refractivity contribution >= 4 is 37.4 Å². The summed E-state index contributed by atoms with van der Waals surface area (Å²) in [6.45, 7) is 1.69. The van der Waals surface area contributed by atoms with E-state index in [1.165, 1.54) is 59.8 Å². The van der Waals surface area contributed by atoms with Crippen molar-refractivity contribution in [3.8, 4) is 0 Å². The molecular formula is C21H25N3O6S2. The molecule has 9 nitrogen and oxygen atoms in total. The Labute approximate surface area is 187 Å². The molecule has 1 fully saturated rings. The number of benzene rings is 2. The van der Waals surface area contributed by atoms with Crippen LogP contribution in [0.25, 0.3) is 0 Å². The van der Waals surface area contributed by atoms with Crippen LogP contribution in [0.3, 0.4) is 0 Å². The van der Waals surface area contributed by atoms with Crippen molar-refractivity contribution in [2.45, 2.75) is 36.0 Å². The molecule has 0 spiro atoms. The maximum atomic E-state index is 12.8. The second-order valence-corrected chi connectivity index (χ2v) is 11.2. The molecule has 1 heterocycles. The Morgan fingerprint density at radius 3 is 2.25 bits per heavy atom. The van der Waals surface area contributed by atoms with Gasteiger partial charge < -0.3 is 5.32 Å². The number of nitrogens with zero attached hydrogens (tertiary/aromatic N) is 1. The van der Waals surface area contributed by atoms with Gasteiger partial charge in [-0.2, -0.15) is 4.31 Å². The maximum absolute atomic E-state index is 12.8. The van der Waals surface area contributed by atoms with Crippen LogP contribution >= 0.6 is 0 Å². The molecule has 0 atom stereocenters. The smallest absolute Gasteiger partial charge is 0.243 e. The van der Waals surface area contributed by atoms with Gasteiger partial charge in [-0.1, -0.05) is 24.6 Å². The third kappa shape index (κ3) is 5.80. The summed E-state index contributed by atoms with van der Waals surface area (Å²) in [5.74, 6) is -0.942. The van der Waals surface area contributed by atoms with Crippen LogP contribution in [0.5, 0.6) is 0 Å². The van der Waals surface area contributed by atoms with Gasteiger partial charge >= 0.3 is 0 Å². The van der Waals surface area contributed by atoms with E-state index in [-0.39, 0.29) is 26.8 Å². The average Bonchev–Trinajstić information content (AvgIpc) is 2.78. The molecule has 0 bridgehead atoms. The van der Waals surface area contributed by atoms with Gasteiger partial charge in [0.15, 0.2) is 5.78 Å². The van der Waals surface area contributed by atoms with Crippen LogP contribution < -0.4 is 10.0 Å².